The third kappa shape index (κ3) is 4.78. The molecule has 0 aliphatic rings. The van der Waals surface area contributed by atoms with Crippen molar-refractivity contribution in [3.63, 3.8) is 0 Å². The fourth-order valence-electron chi connectivity index (χ4n) is 1.42. The Labute approximate surface area is 118 Å². The molecule has 0 aliphatic carbocycles. The Morgan fingerprint density at radius 2 is 2.17 bits per heavy atom. The first-order chi connectivity index (χ1) is 8.40. The van der Waals surface area contributed by atoms with E-state index in [-0.39, 0.29) is 24.1 Å². The van der Waals surface area contributed by atoms with E-state index in [1.54, 1.807) is 18.2 Å². The zero-order valence-electron chi connectivity index (χ0n) is 10.4. The van der Waals surface area contributed by atoms with Gasteiger partial charge in [-0.1, -0.05) is 15.9 Å². The summed E-state index contributed by atoms with van der Waals surface area (Å²) < 4.78 is 12.8. The number of carbonyl (C=O) groups excluding carboxylic acids is 1. The van der Waals surface area contributed by atoms with Gasteiger partial charge in [-0.2, -0.15) is 0 Å². The second-order valence-electron chi connectivity index (χ2n) is 4.20. The van der Waals surface area contributed by atoms with Crippen LogP contribution in [0.3, 0.4) is 0 Å². The van der Waals surface area contributed by atoms with Crippen molar-refractivity contribution < 1.29 is 9.00 Å². The van der Waals surface area contributed by atoms with Gasteiger partial charge in [0.05, 0.1) is 15.7 Å². The smallest absolute Gasteiger partial charge is 0.221 e. The van der Waals surface area contributed by atoms with Crippen molar-refractivity contribution in [1.82, 2.24) is 5.32 Å². The Morgan fingerprint density at radius 1 is 1.50 bits per heavy atom. The number of nitrogens with two attached hydrogens (primary N) is 1. The van der Waals surface area contributed by atoms with E-state index in [2.05, 4.69) is 21.2 Å². The maximum Gasteiger partial charge on any atom is 0.221 e. The molecule has 1 aromatic carbocycles. The summed E-state index contributed by atoms with van der Waals surface area (Å²) in [5.74, 6) is 0.193. The van der Waals surface area contributed by atoms with E-state index in [0.29, 0.717) is 10.6 Å². The minimum atomic E-state index is -1.25. The molecule has 100 valence electrons. The fourth-order valence-corrected chi connectivity index (χ4v) is 2.93. The summed E-state index contributed by atoms with van der Waals surface area (Å²) in [7, 11) is -1.25. The Balaban J connectivity index is 2.58. The van der Waals surface area contributed by atoms with Crippen molar-refractivity contribution in [3.05, 3.63) is 22.7 Å². The van der Waals surface area contributed by atoms with Crippen molar-refractivity contribution in [3.8, 4) is 0 Å². The van der Waals surface area contributed by atoms with Crippen LogP contribution >= 0.6 is 15.9 Å². The van der Waals surface area contributed by atoms with Gasteiger partial charge >= 0.3 is 0 Å². The zero-order chi connectivity index (χ0) is 13.7. The van der Waals surface area contributed by atoms with Crippen LogP contribution in [0.2, 0.25) is 0 Å². The quantitative estimate of drug-likeness (QED) is 0.810. The highest BCUT2D eigenvalue weighted by molar-refractivity contribution is 9.10. The van der Waals surface area contributed by atoms with Crippen molar-refractivity contribution in [2.75, 3.05) is 11.5 Å². The lowest BCUT2D eigenvalue weighted by Crippen LogP contribution is -2.30. The summed E-state index contributed by atoms with van der Waals surface area (Å²) in [6.07, 6.45) is 0.236. The molecule has 0 heterocycles. The fraction of sp³-hybridized carbons (Fsp3) is 0.417. The van der Waals surface area contributed by atoms with E-state index in [1.807, 2.05) is 13.8 Å². The molecule has 0 saturated heterocycles. The first-order valence-electron chi connectivity index (χ1n) is 5.63. The molecule has 0 aliphatic heterocycles. The summed E-state index contributed by atoms with van der Waals surface area (Å²) in [5.41, 5.74) is 6.26. The second-order valence-corrected chi connectivity index (χ2v) is 6.66. The predicted molar refractivity (Wildman–Crippen MR) is 77.7 cm³/mol. The number of nitrogen functional groups attached to an aromatic ring is 1. The molecule has 0 saturated carbocycles. The molecule has 0 fully saturated rings. The van der Waals surface area contributed by atoms with Gasteiger partial charge in [0.2, 0.25) is 5.91 Å². The van der Waals surface area contributed by atoms with E-state index in [0.717, 1.165) is 4.47 Å². The SMILES string of the molecule is CC(C)NC(=O)CCS(=O)c1ccc(Br)cc1N. The lowest BCUT2D eigenvalue weighted by atomic mass is 10.3. The minimum Gasteiger partial charge on any atom is -0.398 e. The summed E-state index contributed by atoms with van der Waals surface area (Å²) in [6.45, 7) is 3.78. The second kappa shape index (κ2) is 6.89. The normalized spacial score (nSPS) is 12.4. The Bertz CT molecular complexity index is 463. The van der Waals surface area contributed by atoms with Crippen molar-refractivity contribution in [2.24, 2.45) is 0 Å². The predicted octanol–water partition coefficient (Wildman–Crippen LogP) is 2.05. The van der Waals surface area contributed by atoms with Crippen LogP contribution in [-0.2, 0) is 15.6 Å². The Hall–Kier alpha value is -0.880. The molecular weight excluding hydrogens is 316 g/mol. The van der Waals surface area contributed by atoms with Gasteiger partial charge in [-0.05, 0) is 32.0 Å². The monoisotopic (exact) mass is 332 g/mol. The van der Waals surface area contributed by atoms with Crippen LogP contribution in [-0.4, -0.2) is 21.9 Å². The van der Waals surface area contributed by atoms with Crippen LogP contribution in [0.5, 0.6) is 0 Å². The highest BCUT2D eigenvalue weighted by atomic mass is 79.9. The molecule has 1 atom stereocenters. The standard InChI is InChI=1S/C12H17BrN2O2S/c1-8(2)15-12(16)5-6-18(17)11-4-3-9(13)7-10(11)14/h3-4,7-8H,5-6,14H2,1-2H3,(H,15,16). The summed E-state index contributed by atoms with van der Waals surface area (Å²) in [5, 5.41) is 2.76. The third-order valence-corrected chi connectivity index (χ3v) is 4.11. The average Bonchev–Trinajstić information content (AvgIpc) is 2.25. The van der Waals surface area contributed by atoms with E-state index in [4.69, 9.17) is 5.73 Å². The van der Waals surface area contributed by atoms with Gasteiger partial charge in [-0.25, -0.2) is 0 Å². The number of nitrogens with one attached hydrogen (secondary N) is 1. The Kier molecular flexibility index (Phi) is 5.81. The molecule has 1 rings (SSSR count). The molecule has 1 unspecified atom stereocenters. The summed E-state index contributed by atoms with van der Waals surface area (Å²) in [4.78, 5) is 12.0. The van der Waals surface area contributed by atoms with Gasteiger partial charge in [0.25, 0.3) is 0 Å². The molecule has 1 amide bonds. The highest BCUT2D eigenvalue weighted by Gasteiger charge is 2.11. The molecule has 0 aromatic heterocycles. The van der Waals surface area contributed by atoms with Crippen LogP contribution in [0.25, 0.3) is 0 Å². The maximum absolute atomic E-state index is 12.0. The van der Waals surface area contributed by atoms with Crippen LogP contribution in [0.4, 0.5) is 5.69 Å². The number of hydrogen-bond acceptors (Lipinski definition) is 3. The molecule has 18 heavy (non-hydrogen) atoms. The number of amides is 1. The maximum atomic E-state index is 12.0. The molecule has 0 bridgehead atoms. The first kappa shape index (κ1) is 15.2. The molecule has 4 nitrogen and oxygen atoms in total. The van der Waals surface area contributed by atoms with Crippen LogP contribution < -0.4 is 11.1 Å². The van der Waals surface area contributed by atoms with Gasteiger partial charge < -0.3 is 11.1 Å². The molecule has 3 N–H and O–H groups in total. The molecule has 1 aromatic rings. The van der Waals surface area contributed by atoms with Crippen LogP contribution in [0.1, 0.15) is 20.3 Å². The van der Waals surface area contributed by atoms with E-state index < -0.39 is 10.8 Å². The number of carbonyl (C=O) groups is 1. The number of benzene rings is 1. The average molecular weight is 333 g/mol. The number of rotatable bonds is 5. The van der Waals surface area contributed by atoms with E-state index in [1.165, 1.54) is 0 Å². The first-order valence-corrected chi connectivity index (χ1v) is 7.74. The largest absolute Gasteiger partial charge is 0.398 e. The molecule has 0 radical (unpaired) electrons. The van der Waals surface area contributed by atoms with Gasteiger partial charge in [0.15, 0.2) is 0 Å². The van der Waals surface area contributed by atoms with Crippen molar-refractivity contribution >= 4 is 38.3 Å². The lowest BCUT2D eigenvalue weighted by molar-refractivity contribution is -0.121. The topological polar surface area (TPSA) is 72.2 Å². The van der Waals surface area contributed by atoms with Gasteiger partial charge in [-0.3, -0.25) is 9.00 Å². The van der Waals surface area contributed by atoms with E-state index >= 15 is 0 Å². The van der Waals surface area contributed by atoms with Crippen LogP contribution in [0, 0.1) is 0 Å². The van der Waals surface area contributed by atoms with Crippen LogP contribution in [0.15, 0.2) is 27.6 Å². The van der Waals surface area contributed by atoms with Crippen molar-refractivity contribution in [2.45, 2.75) is 31.2 Å². The summed E-state index contributed by atoms with van der Waals surface area (Å²) >= 11 is 3.29. The number of hydrogen-bond donors (Lipinski definition) is 2. The van der Waals surface area contributed by atoms with Gasteiger partial charge in [0, 0.05) is 28.4 Å². The Morgan fingerprint density at radius 3 is 2.72 bits per heavy atom. The highest BCUT2D eigenvalue weighted by Crippen LogP contribution is 2.21. The van der Waals surface area contributed by atoms with E-state index in [9.17, 15) is 9.00 Å². The lowest BCUT2D eigenvalue weighted by Gasteiger charge is -2.09. The van der Waals surface area contributed by atoms with Crippen molar-refractivity contribution in [1.29, 1.82) is 0 Å². The minimum absolute atomic E-state index is 0.0889. The molecule has 6 heteroatoms. The summed E-state index contributed by atoms with van der Waals surface area (Å²) in [6, 6.07) is 5.32. The zero-order valence-corrected chi connectivity index (χ0v) is 12.8. The third-order valence-electron chi connectivity index (χ3n) is 2.18. The molecular formula is C12H17BrN2O2S. The van der Waals surface area contributed by atoms with Gasteiger partial charge in [-0.15, -0.1) is 0 Å². The molecule has 0 spiro atoms. The number of halogens is 1. The number of anilines is 1. The van der Waals surface area contributed by atoms with Gasteiger partial charge in [0.1, 0.15) is 0 Å².